The quantitative estimate of drug-likeness (QED) is 0.794. The van der Waals surface area contributed by atoms with Crippen LogP contribution in [0.3, 0.4) is 0 Å². The highest BCUT2D eigenvalue weighted by Crippen LogP contribution is 2.22. The minimum atomic E-state index is -1.50. The molecule has 86 valence electrons. The van der Waals surface area contributed by atoms with E-state index in [1.54, 1.807) is 12.1 Å². The summed E-state index contributed by atoms with van der Waals surface area (Å²) in [5.41, 5.74) is 0.465. The SMILES string of the molecule is O=C(O)C(=O)Nc1ccc2cc(Br)ccc2c1. The van der Waals surface area contributed by atoms with Crippen molar-refractivity contribution in [2.24, 2.45) is 0 Å². The molecule has 0 aliphatic carbocycles. The van der Waals surface area contributed by atoms with Gasteiger partial charge in [0.15, 0.2) is 0 Å². The Balaban J connectivity index is 2.35. The summed E-state index contributed by atoms with van der Waals surface area (Å²) < 4.78 is 0.965. The van der Waals surface area contributed by atoms with Crippen molar-refractivity contribution in [1.82, 2.24) is 0 Å². The molecule has 0 saturated carbocycles. The molecule has 2 N–H and O–H groups in total. The molecule has 5 heteroatoms. The number of carbonyl (C=O) groups is 2. The average molecular weight is 294 g/mol. The maximum absolute atomic E-state index is 11.0. The minimum absolute atomic E-state index is 0.465. The first kappa shape index (κ1) is 11.6. The number of carboxylic acids is 1. The van der Waals surface area contributed by atoms with Crippen LogP contribution in [0.4, 0.5) is 5.69 Å². The zero-order valence-corrected chi connectivity index (χ0v) is 10.2. The number of carbonyl (C=O) groups excluding carboxylic acids is 1. The Kier molecular flexibility index (Phi) is 3.10. The maximum Gasteiger partial charge on any atom is 0.394 e. The van der Waals surface area contributed by atoms with Crippen LogP contribution in [0, 0.1) is 0 Å². The summed E-state index contributed by atoms with van der Waals surface area (Å²) in [5.74, 6) is -2.54. The van der Waals surface area contributed by atoms with E-state index in [2.05, 4.69) is 21.2 Å². The van der Waals surface area contributed by atoms with Crippen LogP contribution in [-0.2, 0) is 9.59 Å². The molecule has 0 aliphatic heterocycles. The maximum atomic E-state index is 11.0. The number of hydrogen-bond acceptors (Lipinski definition) is 2. The molecule has 4 nitrogen and oxygen atoms in total. The van der Waals surface area contributed by atoms with Crippen molar-refractivity contribution >= 4 is 44.3 Å². The molecular formula is C12H8BrNO3. The van der Waals surface area contributed by atoms with Gasteiger partial charge in [-0.1, -0.05) is 28.1 Å². The van der Waals surface area contributed by atoms with E-state index in [-0.39, 0.29) is 0 Å². The van der Waals surface area contributed by atoms with E-state index in [1.807, 2.05) is 24.3 Å². The van der Waals surface area contributed by atoms with Crippen molar-refractivity contribution in [3.8, 4) is 0 Å². The number of amides is 1. The van der Waals surface area contributed by atoms with Crippen molar-refractivity contribution in [3.63, 3.8) is 0 Å². The Labute approximate surface area is 105 Å². The molecule has 0 heterocycles. The predicted molar refractivity (Wildman–Crippen MR) is 67.9 cm³/mol. The first-order chi connectivity index (χ1) is 8.06. The minimum Gasteiger partial charge on any atom is -0.474 e. The van der Waals surface area contributed by atoms with Gasteiger partial charge in [-0.15, -0.1) is 0 Å². The highest BCUT2D eigenvalue weighted by atomic mass is 79.9. The van der Waals surface area contributed by atoms with E-state index in [4.69, 9.17) is 5.11 Å². The monoisotopic (exact) mass is 293 g/mol. The standard InChI is InChI=1S/C12H8BrNO3/c13-9-3-1-8-6-10(4-2-7(8)5-9)14-11(15)12(16)17/h1-6H,(H,14,15)(H,16,17). The number of carboxylic acid groups (broad SMARTS) is 1. The Hall–Kier alpha value is -1.88. The number of anilines is 1. The van der Waals surface area contributed by atoms with Crippen molar-refractivity contribution in [2.75, 3.05) is 5.32 Å². The van der Waals surface area contributed by atoms with Gasteiger partial charge in [0.05, 0.1) is 0 Å². The van der Waals surface area contributed by atoms with Gasteiger partial charge in [-0.3, -0.25) is 4.79 Å². The van der Waals surface area contributed by atoms with Crippen molar-refractivity contribution in [3.05, 3.63) is 40.9 Å². The summed E-state index contributed by atoms with van der Waals surface area (Å²) in [7, 11) is 0. The molecule has 0 unspecified atom stereocenters. The molecule has 2 rings (SSSR count). The Morgan fingerprint density at radius 1 is 1.06 bits per heavy atom. The van der Waals surface area contributed by atoms with Crippen molar-refractivity contribution < 1.29 is 14.7 Å². The van der Waals surface area contributed by atoms with Gasteiger partial charge in [-0.25, -0.2) is 4.79 Å². The van der Waals surface area contributed by atoms with Crippen LogP contribution >= 0.6 is 15.9 Å². The fourth-order valence-corrected chi connectivity index (χ4v) is 1.86. The van der Waals surface area contributed by atoms with Crippen LogP contribution in [0.5, 0.6) is 0 Å². The molecule has 0 fully saturated rings. The third kappa shape index (κ3) is 2.62. The summed E-state index contributed by atoms with van der Waals surface area (Å²) >= 11 is 3.36. The second-order valence-corrected chi connectivity index (χ2v) is 4.38. The van der Waals surface area contributed by atoms with E-state index in [1.165, 1.54) is 0 Å². The highest BCUT2D eigenvalue weighted by Gasteiger charge is 2.10. The molecule has 0 bridgehead atoms. The smallest absolute Gasteiger partial charge is 0.394 e. The number of halogens is 1. The number of benzene rings is 2. The first-order valence-electron chi connectivity index (χ1n) is 4.80. The number of nitrogens with one attached hydrogen (secondary N) is 1. The Morgan fingerprint density at radius 2 is 1.71 bits per heavy atom. The Morgan fingerprint density at radius 3 is 2.41 bits per heavy atom. The molecule has 0 radical (unpaired) electrons. The van der Waals surface area contributed by atoms with Crippen molar-refractivity contribution in [2.45, 2.75) is 0 Å². The molecule has 0 spiro atoms. The molecule has 1 amide bonds. The van der Waals surface area contributed by atoms with Crippen LogP contribution in [0.25, 0.3) is 10.8 Å². The van der Waals surface area contributed by atoms with Gasteiger partial charge < -0.3 is 10.4 Å². The van der Waals surface area contributed by atoms with E-state index in [0.29, 0.717) is 5.69 Å². The molecule has 17 heavy (non-hydrogen) atoms. The van der Waals surface area contributed by atoms with Crippen LogP contribution in [0.15, 0.2) is 40.9 Å². The number of rotatable bonds is 1. The van der Waals surface area contributed by atoms with Gasteiger partial charge in [0.1, 0.15) is 0 Å². The molecule has 2 aromatic carbocycles. The summed E-state index contributed by atoms with van der Waals surface area (Å²) in [6.07, 6.45) is 0. The molecular weight excluding hydrogens is 286 g/mol. The van der Waals surface area contributed by atoms with Crippen LogP contribution in [-0.4, -0.2) is 17.0 Å². The lowest BCUT2D eigenvalue weighted by Gasteiger charge is -2.04. The normalized spacial score (nSPS) is 10.2. The van der Waals surface area contributed by atoms with Gasteiger partial charge in [-0.2, -0.15) is 0 Å². The number of aliphatic carboxylic acids is 1. The third-order valence-corrected chi connectivity index (χ3v) is 2.75. The predicted octanol–water partition coefficient (Wildman–Crippen LogP) is 2.63. The molecule has 2 aromatic rings. The van der Waals surface area contributed by atoms with E-state index < -0.39 is 11.9 Å². The first-order valence-corrected chi connectivity index (χ1v) is 5.59. The second-order valence-electron chi connectivity index (χ2n) is 3.47. The molecule has 0 saturated heterocycles. The van der Waals surface area contributed by atoms with Gasteiger partial charge in [0.25, 0.3) is 0 Å². The lowest BCUT2D eigenvalue weighted by atomic mass is 10.1. The van der Waals surface area contributed by atoms with Gasteiger partial charge in [0, 0.05) is 10.2 Å². The average Bonchev–Trinajstić information content (AvgIpc) is 2.29. The fourth-order valence-electron chi connectivity index (χ4n) is 1.48. The van der Waals surface area contributed by atoms with Crippen LogP contribution < -0.4 is 5.32 Å². The largest absolute Gasteiger partial charge is 0.474 e. The third-order valence-electron chi connectivity index (χ3n) is 2.25. The number of fused-ring (bicyclic) bond motifs is 1. The second kappa shape index (κ2) is 4.55. The highest BCUT2D eigenvalue weighted by molar-refractivity contribution is 9.10. The molecule has 0 aromatic heterocycles. The Bertz CT molecular complexity index is 610. The summed E-state index contributed by atoms with van der Waals surface area (Å²) in [6.45, 7) is 0. The van der Waals surface area contributed by atoms with Gasteiger partial charge in [0.2, 0.25) is 0 Å². The van der Waals surface area contributed by atoms with E-state index >= 15 is 0 Å². The van der Waals surface area contributed by atoms with Gasteiger partial charge in [-0.05, 0) is 35.0 Å². The lowest BCUT2D eigenvalue weighted by Crippen LogP contribution is -2.21. The van der Waals surface area contributed by atoms with Crippen LogP contribution in [0.2, 0.25) is 0 Å². The number of hydrogen-bond donors (Lipinski definition) is 2. The zero-order valence-electron chi connectivity index (χ0n) is 8.61. The van der Waals surface area contributed by atoms with Gasteiger partial charge >= 0.3 is 11.9 Å². The fraction of sp³-hybridized carbons (Fsp3) is 0. The zero-order chi connectivity index (χ0) is 12.4. The summed E-state index contributed by atoms with van der Waals surface area (Å²) in [6, 6.07) is 10.9. The summed E-state index contributed by atoms with van der Waals surface area (Å²) in [4.78, 5) is 21.4. The van der Waals surface area contributed by atoms with Crippen molar-refractivity contribution in [1.29, 1.82) is 0 Å². The summed E-state index contributed by atoms with van der Waals surface area (Å²) in [5, 5.41) is 12.7. The topological polar surface area (TPSA) is 66.4 Å². The van der Waals surface area contributed by atoms with E-state index in [0.717, 1.165) is 15.2 Å². The van der Waals surface area contributed by atoms with E-state index in [9.17, 15) is 9.59 Å². The lowest BCUT2D eigenvalue weighted by molar-refractivity contribution is -0.147. The van der Waals surface area contributed by atoms with Crippen LogP contribution in [0.1, 0.15) is 0 Å². The molecule has 0 atom stereocenters. The molecule has 0 aliphatic rings.